The predicted molar refractivity (Wildman–Crippen MR) is 66.3 cm³/mol. The summed E-state index contributed by atoms with van der Waals surface area (Å²) < 4.78 is 0. The highest BCUT2D eigenvalue weighted by atomic mass is 15.2. The van der Waals surface area contributed by atoms with Gasteiger partial charge in [-0.25, -0.2) is 0 Å². The van der Waals surface area contributed by atoms with E-state index >= 15 is 0 Å². The van der Waals surface area contributed by atoms with Gasteiger partial charge in [0.05, 0.1) is 0 Å². The van der Waals surface area contributed by atoms with Crippen molar-refractivity contribution in [3.63, 3.8) is 0 Å². The molecule has 84 valence electrons. The van der Waals surface area contributed by atoms with Gasteiger partial charge < -0.3 is 10.2 Å². The summed E-state index contributed by atoms with van der Waals surface area (Å²) in [6.45, 7) is 4.91. The van der Waals surface area contributed by atoms with Crippen molar-refractivity contribution in [3.05, 3.63) is 28.8 Å². The second-order valence-electron chi connectivity index (χ2n) is 5.38. The van der Waals surface area contributed by atoms with Crippen molar-refractivity contribution in [3.8, 4) is 0 Å². The Morgan fingerprint density at radius 3 is 2.62 bits per heavy atom. The average molecular weight is 214 g/mol. The zero-order chi connectivity index (χ0) is 10.5. The van der Waals surface area contributed by atoms with E-state index in [-0.39, 0.29) is 0 Å². The molecule has 1 fully saturated rings. The molecule has 0 amide bonds. The van der Waals surface area contributed by atoms with Crippen LogP contribution in [-0.2, 0) is 12.8 Å². The van der Waals surface area contributed by atoms with E-state index in [0.717, 1.165) is 5.92 Å². The summed E-state index contributed by atoms with van der Waals surface area (Å²) in [7, 11) is 0. The molecular weight excluding hydrogens is 196 g/mol. The molecule has 0 unspecified atom stereocenters. The molecule has 1 saturated heterocycles. The topological polar surface area (TPSA) is 15.3 Å². The van der Waals surface area contributed by atoms with E-state index in [1.165, 1.54) is 45.4 Å². The van der Waals surface area contributed by atoms with Gasteiger partial charge in [-0.1, -0.05) is 12.1 Å². The number of anilines is 1. The normalized spacial score (nSPS) is 23.1. The molecule has 0 radical (unpaired) electrons. The molecule has 0 spiro atoms. The Hall–Kier alpha value is -1.02. The monoisotopic (exact) mass is 214 g/mol. The van der Waals surface area contributed by atoms with Gasteiger partial charge in [-0.2, -0.15) is 0 Å². The highest BCUT2D eigenvalue weighted by Gasteiger charge is 2.28. The number of nitrogens with one attached hydrogen (secondary N) is 1. The minimum atomic E-state index is 0.789. The lowest BCUT2D eigenvalue weighted by atomic mass is 9.88. The van der Waals surface area contributed by atoms with Crippen LogP contribution >= 0.6 is 0 Å². The molecule has 2 nitrogen and oxygen atoms in total. The van der Waals surface area contributed by atoms with Crippen LogP contribution in [0.2, 0.25) is 0 Å². The molecule has 0 aromatic heterocycles. The summed E-state index contributed by atoms with van der Waals surface area (Å²) in [4.78, 5) is 2.59. The van der Waals surface area contributed by atoms with E-state index in [9.17, 15) is 0 Å². The second-order valence-corrected chi connectivity index (χ2v) is 5.38. The van der Waals surface area contributed by atoms with Gasteiger partial charge in [-0.3, -0.25) is 0 Å². The van der Waals surface area contributed by atoms with Gasteiger partial charge in [0.15, 0.2) is 0 Å². The smallest absolute Gasteiger partial charge is 0.0432 e. The van der Waals surface area contributed by atoms with Crippen molar-refractivity contribution in [2.45, 2.75) is 25.2 Å². The average Bonchev–Trinajstić information content (AvgIpc) is 2.61. The maximum atomic E-state index is 3.38. The van der Waals surface area contributed by atoms with Crippen LogP contribution < -0.4 is 10.2 Å². The fourth-order valence-electron chi connectivity index (χ4n) is 3.39. The van der Waals surface area contributed by atoms with Crippen LogP contribution in [0.15, 0.2) is 12.1 Å². The Balaban J connectivity index is 1.82. The Labute approximate surface area is 96.6 Å². The first-order chi connectivity index (χ1) is 7.92. The molecule has 0 bridgehead atoms. The van der Waals surface area contributed by atoms with E-state index in [0.29, 0.717) is 0 Å². The van der Waals surface area contributed by atoms with Crippen LogP contribution in [0.3, 0.4) is 0 Å². The van der Waals surface area contributed by atoms with Crippen LogP contribution in [-0.4, -0.2) is 26.2 Å². The molecule has 3 aliphatic heterocycles. The number of benzene rings is 1. The molecule has 2 heteroatoms. The minimum absolute atomic E-state index is 0.789. The maximum absolute atomic E-state index is 3.38. The van der Waals surface area contributed by atoms with Crippen LogP contribution in [0.1, 0.15) is 29.0 Å². The molecule has 1 aromatic rings. The number of aryl methyl sites for hydroxylation is 1. The van der Waals surface area contributed by atoms with Crippen molar-refractivity contribution in [2.24, 2.45) is 0 Å². The Morgan fingerprint density at radius 1 is 1.06 bits per heavy atom. The highest BCUT2D eigenvalue weighted by Crippen LogP contribution is 2.38. The van der Waals surface area contributed by atoms with Gasteiger partial charge in [-0.15, -0.1) is 0 Å². The Kier molecular flexibility index (Phi) is 1.83. The van der Waals surface area contributed by atoms with Crippen molar-refractivity contribution in [1.82, 2.24) is 5.32 Å². The lowest BCUT2D eigenvalue weighted by molar-refractivity contribution is 0.448. The number of hydrogen-bond acceptors (Lipinski definition) is 2. The van der Waals surface area contributed by atoms with Gasteiger partial charge in [0, 0.05) is 37.8 Å². The lowest BCUT2D eigenvalue weighted by Crippen LogP contribution is -2.40. The molecular formula is C14H18N2. The van der Waals surface area contributed by atoms with Gasteiger partial charge in [0.1, 0.15) is 0 Å². The molecule has 0 aliphatic carbocycles. The third-order valence-corrected chi connectivity index (χ3v) is 4.38. The standard InChI is InChI=1S/C14H18N2/c1-2-10-6-12(13-8-15-9-13)7-11-3-5-16(4-1)14(10)11/h6-7,13,15H,1-5,8-9H2. The fourth-order valence-corrected chi connectivity index (χ4v) is 3.39. The van der Waals surface area contributed by atoms with Crippen molar-refractivity contribution >= 4 is 5.69 Å². The first-order valence-corrected chi connectivity index (χ1v) is 6.53. The van der Waals surface area contributed by atoms with Gasteiger partial charge in [-0.05, 0) is 36.0 Å². The third-order valence-electron chi connectivity index (χ3n) is 4.38. The maximum Gasteiger partial charge on any atom is 0.0432 e. The van der Waals surface area contributed by atoms with Crippen LogP contribution in [0.4, 0.5) is 5.69 Å². The quantitative estimate of drug-likeness (QED) is 0.765. The predicted octanol–water partition coefficient (Wildman–Crippen LogP) is 1.68. The van der Waals surface area contributed by atoms with Crippen LogP contribution in [0.5, 0.6) is 0 Å². The molecule has 1 N–H and O–H groups in total. The SMILES string of the molecule is c1c(C2CNC2)cc2c3c1CCCN3CC2. The van der Waals surface area contributed by atoms with Crippen molar-refractivity contribution in [2.75, 3.05) is 31.1 Å². The van der Waals surface area contributed by atoms with Gasteiger partial charge >= 0.3 is 0 Å². The number of hydrogen-bond donors (Lipinski definition) is 1. The van der Waals surface area contributed by atoms with E-state index in [4.69, 9.17) is 0 Å². The largest absolute Gasteiger partial charge is 0.371 e. The zero-order valence-corrected chi connectivity index (χ0v) is 9.63. The molecule has 1 aromatic carbocycles. The van der Waals surface area contributed by atoms with Crippen LogP contribution in [0.25, 0.3) is 0 Å². The first kappa shape index (κ1) is 9.06. The van der Waals surface area contributed by atoms with Crippen molar-refractivity contribution < 1.29 is 0 Å². The molecule has 3 aliphatic rings. The molecule has 3 heterocycles. The van der Waals surface area contributed by atoms with E-state index in [1.54, 1.807) is 22.4 Å². The molecule has 16 heavy (non-hydrogen) atoms. The second kappa shape index (κ2) is 3.24. The molecule has 0 atom stereocenters. The van der Waals surface area contributed by atoms with Gasteiger partial charge in [0.25, 0.3) is 0 Å². The summed E-state index contributed by atoms with van der Waals surface area (Å²) in [6.07, 6.45) is 3.92. The van der Waals surface area contributed by atoms with Crippen LogP contribution in [0, 0.1) is 0 Å². The van der Waals surface area contributed by atoms with Gasteiger partial charge in [0.2, 0.25) is 0 Å². The number of nitrogens with zero attached hydrogens (tertiary/aromatic N) is 1. The van der Waals surface area contributed by atoms with E-state index in [2.05, 4.69) is 22.3 Å². The summed E-state index contributed by atoms with van der Waals surface area (Å²) in [5.74, 6) is 0.789. The zero-order valence-electron chi connectivity index (χ0n) is 9.63. The summed E-state index contributed by atoms with van der Waals surface area (Å²) in [5.41, 5.74) is 6.45. The summed E-state index contributed by atoms with van der Waals surface area (Å²) in [5, 5.41) is 3.38. The minimum Gasteiger partial charge on any atom is -0.371 e. The van der Waals surface area contributed by atoms with Crippen molar-refractivity contribution in [1.29, 1.82) is 0 Å². The first-order valence-electron chi connectivity index (χ1n) is 6.53. The summed E-state index contributed by atoms with van der Waals surface area (Å²) in [6, 6.07) is 4.97. The summed E-state index contributed by atoms with van der Waals surface area (Å²) >= 11 is 0. The molecule has 4 rings (SSSR count). The molecule has 0 saturated carbocycles. The number of rotatable bonds is 1. The Morgan fingerprint density at radius 2 is 1.88 bits per heavy atom. The van der Waals surface area contributed by atoms with E-state index < -0.39 is 0 Å². The lowest BCUT2D eigenvalue weighted by Gasteiger charge is -2.31. The van der Waals surface area contributed by atoms with E-state index in [1.807, 2.05) is 0 Å². The fraction of sp³-hybridized carbons (Fsp3) is 0.571. The highest BCUT2D eigenvalue weighted by molar-refractivity contribution is 5.66. The Bertz CT molecular complexity index is 435. The third kappa shape index (κ3) is 1.17.